The van der Waals surface area contributed by atoms with Gasteiger partial charge in [0.2, 0.25) is 5.91 Å². The molecule has 2 N–H and O–H groups in total. The maximum Gasteiger partial charge on any atom is 0.258 e. The van der Waals surface area contributed by atoms with E-state index in [1.165, 1.54) is 7.11 Å². The number of methoxy groups -OCH3 is 2. The molecule has 0 saturated carbocycles. The first-order chi connectivity index (χ1) is 13.9. The number of aromatic amines is 1. The Balaban J connectivity index is 1.72. The number of carbonyl (C=O) groups excluding carboxylic acids is 1. The summed E-state index contributed by atoms with van der Waals surface area (Å²) >= 11 is 0. The van der Waals surface area contributed by atoms with Crippen molar-refractivity contribution in [3.63, 3.8) is 0 Å². The molecule has 158 valence electrons. The van der Waals surface area contributed by atoms with Gasteiger partial charge in [-0.2, -0.15) is 0 Å². The summed E-state index contributed by atoms with van der Waals surface area (Å²) in [6, 6.07) is 3.38. The van der Waals surface area contributed by atoms with Gasteiger partial charge in [-0.15, -0.1) is 0 Å². The third-order valence-corrected chi connectivity index (χ3v) is 5.33. The molecule has 1 aliphatic rings. The summed E-state index contributed by atoms with van der Waals surface area (Å²) in [5, 5.41) is 3.50. The third-order valence-electron chi connectivity index (χ3n) is 5.33. The first-order valence-electron chi connectivity index (χ1n) is 10.1. The molecule has 1 unspecified atom stereocenters. The van der Waals surface area contributed by atoms with Gasteiger partial charge < -0.3 is 19.8 Å². The lowest BCUT2D eigenvalue weighted by atomic mass is 9.97. The zero-order valence-corrected chi connectivity index (χ0v) is 17.6. The Morgan fingerprint density at radius 2 is 2.03 bits per heavy atom. The number of hydrogen-bond acceptors (Lipinski definition) is 6. The number of hydrogen-bond donors (Lipinski definition) is 2. The Hall–Kier alpha value is -2.61. The van der Waals surface area contributed by atoms with E-state index in [9.17, 15) is 9.59 Å². The quantitative estimate of drug-likeness (QED) is 0.735. The number of ether oxygens (including phenoxy) is 2. The average molecular weight is 402 g/mol. The van der Waals surface area contributed by atoms with Crippen molar-refractivity contribution in [3.8, 4) is 11.5 Å². The van der Waals surface area contributed by atoms with E-state index in [0.717, 1.165) is 25.9 Å². The van der Waals surface area contributed by atoms with Crippen LogP contribution in [0.3, 0.4) is 0 Å². The van der Waals surface area contributed by atoms with Crippen LogP contribution < -0.4 is 20.3 Å². The van der Waals surface area contributed by atoms with Crippen molar-refractivity contribution in [2.24, 2.45) is 11.8 Å². The number of piperidine rings is 1. The van der Waals surface area contributed by atoms with E-state index in [2.05, 4.69) is 20.2 Å². The highest BCUT2D eigenvalue weighted by molar-refractivity contribution is 5.81. The molecule has 0 aliphatic carbocycles. The molecule has 3 rings (SSSR count). The maximum atomic E-state index is 12.6. The predicted octanol–water partition coefficient (Wildman–Crippen LogP) is 1.92. The highest BCUT2D eigenvalue weighted by atomic mass is 16.5. The van der Waals surface area contributed by atoms with Gasteiger partial charge in [0.05, 0.1) is 31.7 Å². The summed E-state index contributed by atoms with van der Waals surface area (Å²) in [6.07, 6.45) is 2.15. The zero-order chi connectivity index (χ0) is 21.0. The molecule has 0 bridgehead atoms. The second-order valence-corrected chi connectivity index (χ2v) is 7.88. The molecule has 29 heavy (non-hydrogen) atoms. The van der Waals surface area contributed by atoms with Crippen LogP contribution in [0, 0.1) is 11.8 Å². The monoisotopic (exact) mass is 402 g/mol. The van der Waals surface area contributed by atoms with E-state index >= 15 is 0 Å². The Bertz CT molecular complexity index is 925. The van der Waals surface area contributed by atoms with Crippen LogP contribution in [0.25, 0.3) is 10.9 Å². The van der Waals surface area contributed by atoms with E-state index in [1.54, 1.807) is 19.2 Å². The summed E-state index contributed by atoms with van der Waals surface area (Å²) in [5.41, 5.74) is 0.392. The Morgan fingerprint density at radius 3 is 2.72 bits per heavy atom. The van der Waals surface area contributed by atoms with Crippen molar-refractivity contribution < 1.29 is 14.3 Å². The summed E-state index contributed by atoms with van der Waals surface area (Å²) in [5.74, 6) is 2.17. The van der Waals surface area contributed by atoms with E-state index in [0.29, 0.717) is 47.2 Å². The van der Waals surface area contributed by atoms with Gasteiger partial charge in [-0.05, 0) is 31.4 Å². The van der Waals surface area contributed by atoms with Crippen molar-refractivity contribution >= 4 is 16.8 Å². The Morgan fingerprint density at radius 1 is 1.31 bits per heavy atom. The minimum Gasteiger partial charge on any atom is -0.493 e. The number of fused-ring (bicyclic) bond motifs is 1. The average Bonchev–Trinajstić information content (AvgIpc) is 2.71. The topological polar surface area (TPSA) is 96.5 Å². The molecule has 1 atom stereocenters. The minimum atomic E-state index is -0.191. The van der Waals surface area contributed by atoms with Gasteiger partial charge >= 0.3 is 0 Å². The summed E-state index contributed by atoms with van der Waals surface area (Å²) in [7, 11) is 3.10. The lowest BCUT2D eigenvalue weighted by Gasteiger charge is -2.32. The standard InChI is InChI=1S/C21H30N4O4/c1-13(2)20(26)22-10-14-6-5-7-25(11-14)12-19-23-16-9-18(29-4)17(28-3)8-15(16)21(27)24-19/h8-9,13-14H,5-7,10-12H2,1-4H3,(H,22,26)(H,23,24,27). The van der Waals surface area contributed by atoms with Crippen molar-refractivity contribution in [1.29, 1.82) is 0 Å². The van der Waals surface area contributed by atoms with Crippen molar-refractivity contribution in [2.45, 2.75) is 33.2 Å². The largest absolute Gasteiger partial charge is 0.493 e. The fourth-order valence-electron chi connectivity index (χ4n) is 3.71. The predicted molar refractivity (Wildman–Crippen MR) is 111 cm³/mol. The number of aromatic nitrogens is 2. The highest BCUT2D eigenvalue weighted by Gasteiger charge is 2.22. The lowest BCUT2D eigenvalue weighted by Crippen LogP contribution is -2.41. The summed E-state index contributed by atoms with van der Waals surface area (Å²) < 4.78 is 10.6. The van der Waals surface area contributed by atoms with Crippen LogP contribution in [0.2, 0.25) is 0 Å². The molecule has 2 aromatic rings. The molecule has 1 aliphatic heterocycles. The maximum absolute atomic E-state index is 12.6. The number of carbonyl (C=O) groups is 1. The molecular formula is C21H30N4O4. The minimum absolute atomic E-state index is 0.00261. The Labute approximate surface area is 170 Å². The number of benzene rings is 1. The van der Waals surface area contributed by atoms with Crippen molar-refractivity contribution in [1.82, 2.24) is 20.2 Å². The molecule has 0 spiro atoms. The Kier molecular flexibility index (Phi) is 6.74. The van der Waals surface area contributed by atoms with E-state index in [-0.39, 0.29) is 17.4 Å². The van der Waals surface area contributed by atoms with Crippen LogP contribution in [0.4, 0.5) is 0 Å². The fraction of sp³-hybridized carbons (Fsp3) is 0.571. The van der Waals surface area contributed by atoms with Gasteiger partial charge in [-0.25, -0.2) is 4.98 Å². The number of amides is 1. The molecule has 1 amide bonds. The molecule has 1 aromatic carbocycles. The van der Waals surface area contributed by atoms with E-state index in [1.807, 2.05) is 13.8 Å². The molecule has 2 heterocycles. The number of nitrogens with one attached hydrogen (secondary N) is 2. The lowest BCUT2D eigenvalue weighted by molar-refractivity contribution is -0.124. The van der Waals surface area contributed by atoms with Gasteiger partial charge in [-0.3, -0.25) is 14.5 Å². The van der Waals surface area contributed by atoms with Crippen LogP contribution in [0.5, 0.6) is 11.5 Å². The van der Waals surface area contributed by atoms with Crippen LogP contribution in [0.15, 0.2) is 16.9 Å². The van der Waals surface area contributed by atoms with E-state index in [4.69, 9.17) is 9.47 Å². The third kappa shape index (κ3) is 5.06. The fourth-order valence-corrected chi connectivity index (χ4v) is 3.71. The van der Waals surface area contributed by atoms with Gasteiger partial charge in [0.25, 0.3) is 5.56 Å². The molecule has 8 nitrogen and oxygen atoms in total. The van der Waals surface area contributed by atoms with Gasteiger partial charge in [0.15, 0.2) is 11.5 Å². The van der Waals surface area contributed by atoms with Crippen LogP contribution in [0.1, 0.15) is 32.5 Å². The molecule has 8 heteroatoms. The number of rotatable bonds is 7. The molecule has 1 saturated heterocycles. The van der Waals surface area contributed by atoms with Gasteiger partial charge in [0.1, 0.15) is 5.82 Å². The molecule has 1 fully saturated rings. The number of H-pyrrole nitrogens is 1. The molecule has 1 aromatic heterocycles. The van der Waals surface area contributed by atoms with Crippen LogP contribution >= 0.6 is 0 Å². The summed E-state index contributed by atoms with van der Waals surface area (Å²) in [4.78, 5) is 34.2. The second kappa shape index (κ2) is 9.26. The van der Waals surface area contributed by atoms with Crippen molar-refractivity contribution in [2.75, 3.05) is 33.9 Å². The van der Waals surface area contributed by atoms with Crippen molar-refractivity contribution in [3.05, 3.63) is 28.3 Å². The van der Waals surface area contributed by atoms with Crippen LogP contribution in [-0.2, 0) is 11.3 Å². The number of nitrogens with zero attached hydrogens (tertiary/aromatic N) is 2. The summed E-state index contributed by atoms with van der Waals surface area (Å²) in [6.45, 7) is 6.86. The normalized spacial score (nSPS) is 17.5. The molecule has 0 radical (unpaired) electrons. The first-order valence-corrected chi connectivity index (χ1v) is 10.1. The number of likely N-dealkylation sites (tertiary alicyclic amines) is 1. The van der Waals surface area contributed by atoms with E-state index < -0.39 is 0 Å². The second-order valence-electron chi connectivity index (χ2n) is 7.88. The highest BCUT2D eigenvalue weighted by Crippen LogP contribution is 2.30. The van der Waals surface area contributed by atoms with Gasteiger partial charge in [0, 0.05) is 25.1 Å². The van der Waals surface area contributed by atoms with Gasteiger partial charge in [-0.1, -0.05) is 13.8 Å². The first kappa shape index (κ1) is 21.1. The smallest absolute Gasteiger partial charge is 0.258 e. The van der Waals surface area contributed by atoms with Crippen LogP contribution in [-0.4, -0.2) is 54.6 Å². The molecular weight excluding hydrogens is 372 g/mol. The zero-order valence-electron chi connectivity index (χ0n) is 17.6. The SMILES string of the molecule is COc1cc2nc(CN3CCCC(CNC(=O)C(C)C)C3)[nH]c(=O)c2cc1OC.